The number of hydrogen-bond donors (Lipinski definition) is 3. The number of rotatable bonds is 11. The van der Waals surface area contributed by atoms with Gasteiger partial charge in [0.05, 0.1) is 11.1 Å². The van der Waals surface area contributed by atoms with Crippen LogP contribution in [0.15, 0.2) is 78.9 Å². The zero-order chi connectivity index (χ0) is 33.9. The van der Waals surface area contributed by atoms with E-state index in [9.17, 15) is 28.6 Å². The second-order valence-electron chi connectivity index (χ2n) is 12.4. The molecule has 11 heteroatoms. The minimum Gasteiger partial charge on any atom is -0.490 e. The molecule has 3 aromatic carbocycles. The number of β-amino-alcohol motifs (C(OH)–C–C–N with tert-alkyl or cyclic N) is 1. The number of nitrogens with one attached hydrogen (secondary N) is 1. The average Bonchev–Trinajstić information content (AvgIpc) is 3.40. The zero-order valence-electron chi connectivity index (χ0n) is 26.3. The molecular weight excluding hydrogens is 630 g/mol. The Balaban J connectivity index is 1.48. The van der Waals surface area contributed by atoms with Crippen molar-refractivity contribution in [3.05, 3.63) is 112 Å². The predicted octanol–water partition coefficient (Wildman–Crippen LogP) is 6.01. The van der Waals surface area contributed by atoms with Crippen LogP contribution >= 0.6 is 11.6 Å². The Morgan fingerprint density at radius 2 is 1.74 bits per heavy atom. The SMILES string of the molecule is CNC(=O)C1(COc2cc(OCc3cc(F)cc(F)c3)c(CN3C[C@H](O)C[C@H]3C(=O)O)cc2Cl)C=CC=C(c2ccccc2)C1(C)C. The van der Waals surface area contributed by atoms with Crippen LogP contribution in [-0.4, -0.2) is 59.3 Å². The molecule has 1 unspecified atom stereocenters. The summed E-state index contributed by atoms with van der Waals surface area (Å²) in [6.07, 6.45) is 4.89. The van der Waals surface area contributed by atoms with Crippen molar-refractivity contribution in [3.63, 3.8) is 0 Å². The highest BCUT2D eigenvalue weighted by molar-refractivity contribution is 6.32. The van der Waals surface area contributed by atoms with Crippen LogP contribution in [0.1, 0.15) is 37.0 Å². The number of likely N-dealkylation sites (tertiary alicyclic amines) is 1. The van der Waals surface area contributed by atoms with Crippen molar-refractivity contribution in [2.24, 2.45) is 10.8 Å². The molecule has 1 saturated heterocycles. The summed E-state index contributed by atoms with van der Waals surface area (Å²) in [4.78, 5) is 27.2. The molecule has 0 bridgehead atoms. The van der Waals surface area contributed by atoms with Gasteiger partial charge in [0.1, 0.15) is 47.8 Å². The lowest BCUT2D eigenvalue weighted by atomic mass is 9.58. The maximum absolute atomic E-state index is 13.9. The summed E-state index contributed by atoms with van der Waals surface area (Å²) in [5, 5.41) is 22.9. The van der Waals surface area contributed by atoms with Crippen LogP contribution < -0.4 is 14.8 Å². The molecule has 0 aromatic heterocycles. The summed E-state index contributed by atoms with van der Waals surface area (Å²) in [7, 11) is 1.57. The van der Waals surface area contributed by atoms with Gasteiger partial charge in [-0.25, -0.2) is 8.78 Å². The highest BCUT2D eigenvalue weighted by Gasteiger charge is 2.53. The highest BCUT2D eigenvalue weighted by Crippen LogP contribution is 2.52. The molecule has 248 valence electrons. The number of allylic oxidation sites excluding steroid dienone is 3. The Hall–Kier alpha value is -4.25. The first-order valence-corrected chi connectivity index (χ1v) is 15.6. The maximum Gasteiger partial charge on any atom is 0.321 e. The summed E-state index contributed by atoms with van der Waals surface area (Å²) < 4.78 is 40.2. The molecule has 5 rings (SSSR count). The van der Waals surface area contributed by atoms with E-state index in [0.29, 0.717) is 5.56 Å². The van der Waals surface area contributed by atoms with Crippen LogP contribution in [0.25, 0.3) is 5.57 Å². The third-order valence-corrected chi connectivity index (χ3v) is 9.37. The van der Waals surface area contributed by atoms with Crippen molar-refractivity contribution in [2.75, 3.05) is 20.2 Å². The lowest BCUT2D eigenvalue weighted by Crippen LogP contribution is -2.53. The predicted molar refractivity (Wildman–Crippen MR) is 174 cm³/mol. The molecule has 1 heterocycles. The number of hydrogen-bond acceptors (Lipinski definition) is 6. The summed E-state index contributed by atoms with van der Waals surface area (Å²) in [6.45, 7) is 3.83. The Bertz CT molecular complexity index is 1690. The van der Waals surface area contributed by atoms with Crippen molar-refractivity contribution in [1.29, 1.82) is 0 Å². The molecule has 1 aliphatic heterocycles. The number of halogens is 3. The quantitative estimate of drug-likeness (QED) is 0.230. The maximum atomic E-state index is 13.9. The molecular formula is C36H37ClF2N2O6. The number of nitrogens with zero attached hydrogens (tertiary/aromatic N) is 1. The smallest absolute Gasteiger partial charge is 0.321 e. The Kier molecular flexibility index (Phi) is 10.0. The van der Waals surface area contributed by atoms with E-state index in [-0.39, 0.29) is 60.7 Å². The van der Waals surface area contributed by atoms with Crippen LogP contribution in [0.5, 0.6) is 11.5 Å². The van der Waals surface area contributed by atoms with Crippen LogP contribution in [0.2, 0.25) is 5.02 Å². The fraction of sp³-hybridized carbons (Fsp3) is 0.333. The standard InChI is InChI=1S/C36H37ClF2N2O6/c1-35(2)28(23-8-5-4-6-9-23)10-7-11-36(35,34(45)40-3)21-47-32-17-31(46-20-22-12-25(38)15-26(39)13-22)24(14-29(32)37)18-41-19-27(42)16-30(41)33(43)44/h4-15,17,27,30,42H,16,18-21H2,1-3H3,(H,40,45)(H,43,44)/t27-,30+,36?/m1/s1. The molecule has 0 radical (unpaired) electrons. The fourth-order valence-electron chi connectivity index (χ4n) is 6.44. The van der Waals surface area contributed by atoms with Gasteiger partial charge in [0.25, 0.3) is 0 Å². The first-order valence-electron chi connectivity index (χ1n) is 15.2. The number of aliphatic hydroxyl groups excluding tert-OH is 1. The van der Waals surface area contributed by atoms with E-state index in [1.807, 2.05) is 62.4 Å². The van der Waals surface area contributed by atoms with Crippen LogP contribution in [0.4, 0.5) is 8.78 Å². The van der Waals surface area contributed by atoms with Gasteiger partial charge in [0.2, 0.25) is 5.91 Å². The van der Waals surface area contributed by atoms with E-state index in [2.05, 4.69) is 5.32 Å². The summed E-state index contributed by atoms with van der Waals surface area (Å²) in [5.74, 6) is -2.43. The molecule has 3 atom stereocenters. The number of ether oxygens (including phenoxy) is 2. The van der Waals surface area contributed by atoms with Crippen molar-refractivity contribution in [1.82, 2.24) is 10.2 Å². The number of aliphatic carboxylic acids is 1. The zero-order valence-corrected chi connectivity index (χ0v) is 27.1. The molecule has 8 nitrogen and oxygen atoms in total. The van der Waals surface area contributed by atoms with Gasteiger partial charge in [0.15, 0.2) is 0 Å². The van der Waals surface area contributed by atoms with Crippen LogP contribution in [0, 0.1) is 22.5 Å². The highest BCUT2D eigenvalue weighted by atomic mass is 35.5. The lowest BCUT2D eigenvalue weighted by Gasteiger charge is -2.46. The van der Waals surface area contributed by atoms with E-state index in [4.69, 9.17) is 21.1 Å². The first kappa shape index (κ1) is 34.1. The van der Waals surface area contributed by atoms with Gasteiger partial charge in [-0.1, -0.05) is 74.0 Å². The molecule has 3 N–H and O–H groups in total. The monoisotopic (exact) mass is 666 g/mol. The van der Waals surface area contributed by atoms with E-state index in [1.54, 1.807) is 18.0 Å². The largest absolute Gasteiger partial charge is 0.490 e. The molecule has 1 fully saturated rings. The molecule has 0 saturated carbocycles. The van der Waals surface area contributed by atoms with E-state index >= 15 is 0 Å². The molecule has 47 heavy (non-hydrogen) atoms. The van der Waals surface area contributed by atoms with E-state index in [1.165, 1.54) is 6.07 Å². The molecule has 2 aliphatic rings. The Morgan fingerprint density at radius 1 is 1.04 bits per heavy atom. The average molecular weight is 667 g/mol. The minimum atomic E-state index is -1.16. The van der Waals surface area contributed by atoms with Crippen molar-refractivity contribution < 1.29 is 38.1 Å². The van der Waals surface area contributed by atoms with E-state index in [0.717, 1.165) is 29.3 Å². The third-order valence-electron chi connectivity index (χ3n) is 9.08. The molecule has 3 aromatic rings. The van der Waals surface area contributed by atoms with Crippen molar-refractivity contribution in [2.45, 2.75) is 45.6 Å². The van der Waals surface area contributed by atoms with Gasteiger partial charge >= 0.3 is 5.97 Å². The number of benzene rings is 3. The second-order valence-corrected chi connectivity index (χ2v) is 12.8. The normalized spacial score (nSPS) is 22.1. The van der Waals surface area contributed by atoms with E-state index < -0.39 is 40.6 Å². The van der Waals surface area contributed by atoms with Crippen molar-refractivity contribution >= 4 is 29.1 Å². The van der Waals surface area contributed by atoms with Crippen LogP contribution in [0.3, 0.4) is 0 Å². The number of carbonyl (C=O) groups is 2. The minimum absolute atomic E-state index is 0.0596. The lowest BCUT2D eigenvalue weighted by molar-refractivity contribution is -0.142. The van der Waals surface area contributed by atoms with Crippen molar-refractivity contribution in [3.8, 4) is 11.5 Å². The molecule has 1 aliphatic carbocycles. The van der Waals surface area contributed by atoms with Crippen LogP contribution in [-0.2, 0) is 22.7 Å². The number of carboxylic acids is 1. The van der Waals surface area contributed by atoms with Gasteiger partial charge in [-0.3, -0.25) is 14.5 Å². The topological polar surface area (TPSA) is 108 Å². The van der Waals surface area contributed by atoms with Gasteiger partial charge in [0, 0.05) is 49.7 Å². The summed E-state index contributed by atoms with van der Waals surface area (Å²) in [6, 6.07) is 15.0. The van der Waals surface area contributed by atoms with Gasteiger partial charge in [-0.15, -0.1) is 0 Å². The molecule has 0 spiro atoms. The first-order chi connectivity index (χ1) is 22.3. The number of aliphatic hydroxyl groups is 1. The fourth-order valence-corrected chi connectivity index (χ4v) is 6.68. The summed E-state index contributed by atoms with van der Waals surface area (Å²) >= 11 is 6.75. The number of carboxylic acid groups (broad SMARTS) is 1. The Morgan fingerprint density at radius 3 is 2.40 bits per heavy atom. The number of amides is 1. The second kappa shape index (κ2) is 13.9. The Labute approximate surface area is 277 Å². The van der Waals surface area contributed by atoms with Gasteiger partial charge < -0.3 is 25.0 Å². The van der Waals surface area contributed by atoms with Gasteiger partial charge in [-0.05, 0) is 34.9 Å². The molecule has 1 amide bonds. The third kappa shape index (κ3) is 7.05. The number of carbonyl (C=O) groups excluding carboxylic acids is 1. The summed E-state index contributed by atoms with van der Waals surface area (Å²) in [5.41, 5.74) is 0.727. The van der Waals surface area contributed by atoms with Gasteiger partial charge in [-0.2, -0.15) is 0 Å².